The van der Waals surface area contributed by atoms with Gasteiger partial charge < -0.3 is 27.9 Å². The Morgan fingerprint density at radius 2 is 0.562 bits per heavy atom. The van der Waals surface area contributed by atoms with Crippen molar-refractivity contribution in [2.45, 2.75) is 328 Å². The van der Waals surface area contributed by atoms with Crippen LogP contribution in [0.4, 0.5) is 0 Å². The lowest BCUT2D eigenvalue weighted by molar-refractivity contribution is -0.870. The molecule has 0 aliphatic carbocycles. The van der Waals surface area contributed by atoms with Crippen LogP contribution in [-0.4, -0.2) is 70.0 Å². The predicted molar refractivity (Wildman–Crippen MR) is 415 cm³/mol. The summed E-state index contributed by atoms with van der Waals surface area (Å²) in [5.41, 5.74) is 0. The van der Waals surface area contributed by atoms with Gasteiger partial charge in [0.1, 0.15) is 19.8 Å². The fourth-order valence-corrected chi connectivity index (χ4v) is 11.4. The number of esters is 2. The molecular formula is C86H146NO8P. The lowest BCUT2D eigenvalue weighted by Gasteiger charge is -2.28. The lowest BCUT2D eigenvalue weighted by atomic mass is 10.0. The highest BCUT2D eigenvalue weighted by molar-refractivity contribution is 7.45. The molecule has 0 aliphatic heterocycles. The molecule has 0 spiro atoms. The van der Waals surface area contributed by atoms with Crippen LogP contribution >= 0.6 is 7.82 Å². The third-order valence-electron chi connectivity index (χ3n) is 16.5. The first kappa shape index (κ1) is 91.6. The maximum Gasteiger partial charge on any atom is 0.306 e. The monoisotopic (exact) mass is 1350 g/mol. The number of hydrogen-bond donors (Lipinski definition) is 0. The molecule has 2 atom stereocenters. The standard InChI is InChI=1S/C86H146NO8P/c1-6-8-10-12-14-16-18-20-22-24-26-28-30-32-34-36-38-40-41-42-43-44-45-47-49-51-53-55-57-59-61-63-65-67-69-71-73-75-77-79-86(89)95-84(83-94-96(90,91)93-81-80-87(3,4)5)82-92-85(88)78-76-74-72-70-68-66-64-62-60-58-56-54-52-50-48-46-39-37-35-33-31-29-27-25-23-21-19-17-15-13-11-9-7-2/h8-11,14-17,20-23,26-29,32-35,38,40,42-43,45,47,84H,6-7,12-13,18-19,24-25,30-31,36-37,39,41,44,46,48-83H2,1-5H3/b10-8-,11-9-,16-14-,17-15-,22-20-,23-21-,28-26-,29-27-,34-32-,35-33-,40-38-,43-42-,47-45-. The number of phosphoric acid groups is 1. The molecule has 0 rings (SSSR count). The van der Waals surface area contributed by atoms with E-state index in [4.69, 9.17) is 18.5 Å². The Bertz CT molecular complexity index is 2180. The molecule has 0 saturated heterocycles. The van der Waals surface area contributed by atoms with E-state index in [9.17, 15) is 19.0 Å². The average molecular weight is 1350 g/mol. The summed E-state index contributed by atoms with van der Waals surface area (Å²) in [6.07, 6.45) is 112. The van der Waals surface area contributed by atoms with E-state index in [1.165, 1.54) is 167 Å². The number of nitrogens with zero attached hydrogens (tertiary/aromatic N) is 1. The first-order valence-electron chi connectivity index (χ1n) is 39.2. The molecule has 0 aromatic heterocycles. The number of rotatable bonds is 71. The van der Waals surface area contributed by atoms with Gasteiger partial charge in [0.05, 0.1) is 27.7 Å². The summed E-state index contributed by atoms with van der Waals surface area (Å²) in [5.74, 6) is -0.830. The first-order chi connectivity index (χ1) is 47.0. The van der Waals surface area contributed by atoms with Crippen molar-refractivity contribution in [1.82, 2.24) is 0 Å². The highest BCUT2D eigenvalue weighted by Crippen LogP contribution is 2.38. The number of carbonyl (C=O) groups excluding carboxylic acids is 2. The Labute approximate surface area is 592 Å². The Morgan fingerprint density at radius 1 is 0.323 bits per heavy atom. The van der Waals surface area contributed by atoms with Gasteiger partial charge in [-0.2, -0.15) is 0 Å². The van der Waals surface area contributed by atoms with E-state index in [0.29, 0.717) is 17.4 Å². The second-order valence-corrected chi connectivity index (χ2v) is 28.4. The van der Waals surface area contributed by atoms with Gasteiger partial charge in [0.2, 0.25) is 0 Å². The number of allylic oxidation sites excluding steroid dienone is 26. The summed E-state index contributed by atoms with van der Waals surface area (Å²) < 4.78 is 34.4. The lowest BCUT2D eigenvalue weighted by Crippen LogP contribution is -2.37. The summed E-state index contributed by atoms with van der Waals surface area (Å²) in [6, 6.07) is 0. The van der Waals surface area contributed by atoms with Crippen molar-refractivity contribution in [2.24, 2.45) is 0 Å². The molecule has 0 N–H and O–H groups in total. The van der Waals surface area contributed by atoms with E-state index in [1.54, 1.807) is 0 Å². The molecule has 9 nitrogen and oxygen atoms in total. The summed E-state index contributed by atoms with van der Waals surface area (Å²) >= 11 is 0. The highest BCUT2D eigenvalue weighted by Gasteiger charge is 2.22. The molecule has 2 unspecified atom stereocenters. The molecule has 0 bridgehead atoms. The summed E-state index contributed by atoms with van der Waals surface area (Å²) in [6.45, 7) is 4.03. The van der Waals surface area contributed by atoms with Crippen molar-refractivity contribution in [3.05, 3.63) is 158 Å². The van der Waals surface area contributed by atoms with Crippen LogP contribution in [0.1, 0.15) is 322 Å². The fraction of sp³-hybridized carbons (Fsp3) is 0.674. The van der Waals surface area contributed by atoms with Crippen LogP contribution in [0.2, 0.25) is 0 Å². The number of quaternary nitrogens is 1. The van der Waals surface area contributed by atoms with E-state index in [-0.39, 0.29) is 32.0 Å². The molecule has 0 aromatic rings. The molecule has 0 heterocycles. The van der Waals surface area contributed by atoms with E-state index in [1.807, 2.05) is 21.1 Å². The molecular weight excluding hydrogens is 1210 g/mol. The Hall–Kier alpha value is -4.37. The number of likely N-dealkylation sites (N-methyl/N-ethyl adjacent to an activating group) is 1. The summed E-state index contributed by atoms with van der Waals surface area (Å²) in [4.78, 5) is 38.2. The second kappa shape index (κ2) is 74.8. The molecule has 0 amide bonds. The van der Waals surface area contributed by atoms with Crippen molar-refractivity contribution in [3.8, 4) is 0 Å². The molecule has 0 aromatic carbocycles. The maximum atomic E-state index is 12.9. The Kier molecular flexibility index (Phi) is 71.4. The van der Waals surface area contributed by atoms with Crippen molar-refractivity contribution in [3.63, 3.8) is 0 Å². The normalized spacial score (nSPS) is 13.9. The summed E-state index contributed by atoms with van der Waals surface area (Å²) in [7, 11) is 1.16. The smallest absolute Gasteiger partial charge is 0.306 e. The van der Waals surface area contributed by atoms with E-state index < -0.39 is 26.5 Å². The van der Waals surface area contributed by atoms with Crippen molar-refractivity contribution in [2.75, 3.05) is 47.5 Å². The molecule has 0 radical (unpaired) electrons. The molecule has 0 aliphatic rings. The van der Waals surface area contributed by atoms with Crippen LogP contribution < -0.4 is 4.89 Å². The van der Waals surface area contributed by atoms with Gasteiger partial charge in [0, 0.05) is 12.8 Å². The zero-order valence-corrected chi connectivity index (χ0v) is 63.4. The van der Waals surface area contributed by atoms with E-state index in [2.05, 4.69) is 172 Å². The fourth-order valence-electron chi connectivity index (χ4n) is 10.6. The topological polar surface area (TPSA) is 111 Å². The van der Waals surface area contributed by atoms with Crippen LogP contribution in [0.3, 0.4) is 0 Å². The van der Waals surface area contributed by atoms with Crippen LogP contribution in [0.25, 0.3) is 0 Å². The van der Waals surface area contributed by atoms with Gasteiger partial charge in [-0.15, -0.1) is 0 Å². The average Bonchev–Trinajstić information content (AvgIpc) is 1.98. The van der Waals surface area contributed by atoms with Gasteiger partial charge in [-0.3, -0.25) is 14.2 Å². The predicted octanol–water partition coefficient (Wildman–Crippen LogP) is 25.6. The number of hydrogen-bond acceptors (Lipinski definition) is 8. The van der Waals surface area contributed by atoms with Crippen LogP contribution in [0.5, 0.6) is 0 Å². The maximum absolute atomic E-state index is 12.9. The second-order valence-electron chi connectivity index (χ2n) is 27.0. The Balaban J connectivity index is 4.01. The third kappa shape index (κ3) is 78.6. The third-order valence-corrected chi connectivity index (χ3v) is 17.5. The van der Waals surface area contributed by atoms with Gasteiger partial charge in [0.15, 0.2) is 6.10 Å². The molecule has 96 heavy (non-hydrogen) atoms. The quantitative estimate of drug-likeness (QED) is 0.0195. The van der Waals surface area contributed by atoms with Crippen molar-refractivity contribution < 1.29 is 42.1 Å². The number of carbonyl (C=O) groups is 2. The van der Waals surface area contributed by atoms with Crippen LogP contribution in [-0.2, 0) is 32.7 Å². The van der Waals surface area contributed by atoms with Gasteiger partial charge in [0.25, 0.3) is 7.82 Å². The largest absolute Gasteiger partial charge is 0.756 e. The SMILES string of the molecule is CC/C=C\C/C=C\C/C=C\C/C=C\C/C=C\C/C=C\C/C=C\C/C=C\CCCCCCCCCCCCCCCCC(=O)OC(COC(=O)CCCCCCCCCCCCCCCCCCC/C=C\C/C=C\C/C=C\C/C=C\C/C=C\CC)COP(=O)([O-])OCC[N+](C)(C)C. The number of phosphoric ester groups is 1. The molecule has 0 saturated carbocycles. The van der Waals surface area contributed by atoms with E-state index >= 15 is 0 Å². The Morgan fingerprint density at radius 3 is 0.833 bits per heavy atom. The van der Waals surface area contributed by atoms with Gasteiger partial charge in [-0.25, -0.2) is 0 Å². The zero-order chi connectivity index (χ0) is 69.7. The number of unbranched alkanes of at least 4 members (excludes halogenated alkanes) is 31. The minimum atomic E-state index is -4.65. The zero-order valence-electron chi connectivity index (χ0n) is 62.5. The van der Waals surface area contributed by atoms with Crippen LogP contribution in [0, 0.1) is 0 Å². The molecule has 0 fully saturated rings. The van der Waals surface area contributed by atoms with Crippen LogP contribution in [0.15, 0.2) is 158 Å². The van der Waals surface area contributed by atoms with Gasteiger partial charge in [-0.1, -0.05) is 345 Å². The minimum Gasteiger partial charge on any atom is -0.756 e. The van der Waals surface area contributed by atoms with Crippen molar-refractivity contribution >= 4 is 19.8 Å². The summed E-state index contributed by atoms with van der Waals surface area (Å²) in [5, 5.41) is 0. The van der Waals surface area contributed by atoms with Gasteiger partial charge in [-0.05, 0) is 122 Å². The van der Waals surface area contributed by atoms with Crippen molar-refractivity contribution in [1.29, 1.82) is 0 Å². The number of ether oxygens (including phenoxy) is 2. The minimum absolute atomic E-state index is 0.0356. The molecule has 10 heteroatoms. The highest BCUT2D eigenvalue weighted by atomic mass is 31.2. The van der Waals surface area contributed by atoms with Gasteiger partial charge >= 0.3 is 11.9 Å². The molecule has 548 valence electrons. The first-order valence-corrected chi connectivity index (χ1v) is 40.7. The van der Waals surface area contributed by atoms with E-state index in [0.717, 1.165) is 122 Å².